The largest absolute Gasteiger partial charge is 0.397 e. The number of pyridine rings is 1. The van der Waals surface area contributed by atoms with Crippen LogP contribution in [0.3, 0.4) is 0 Å². The summed E-state index contributed by atoms with van der Waals surface area (Å²) in [7, 11) is 0. The minimum Gasteiger partial charge on any atom is -0.397 e. The van der Waals surface area contributed by atoms with Crippen LogP contribution in [0.5, 0.6) is 0 Å². The second-order valence-corrected chi connectivity index (χ2v) is 4.63. The van der Waals surface area contributed by atoms with Gasteiger partial charge in [0.1, 0.15) is 5.15 Å². The van der Waals surface area contributed by atoms with E-state index in [1.807, 2.05) is 6.92 Å². The van der Waals surface area contributed by atoms with E-state index >= 15 is 0 Å². The van der Waals surface area contributed by atoms with Crippen molar-refractivity contribution in [3.63, 3.8) is 0 Å². The van der Waals surface area contributed by atoms with E-state index in [0.29, 0.717) is 17.2 Å². The van der Waals surface area contributed by atoms with Crippen molar-refractivity contribution in [1.29, 1.82) is 0 Å². The van der Waals surface area contributed by atoms with E-state index in [9.17, 15) is 4.79 Å². The van der Waals surface area contributed by atoms with Crippen LogP contribution in [0.15, 0.2) is 12.3 Å². The van der Waals surface area contributed by atoms with Gasteiger partial charge in [0.25, 0.3) is 5.91 Å². The summed E-state index contributed by atoms with van der Waals surface area (Å²) < 4.78 is 0. The molecule has 1 heterocycles. The number of carbonyl (C=O) groups excluding carboxylic acids is 1. The van der Waals surface area contributed by atoms with Crippen LogP contribution in [-0.2, 0) is 0 Å². The summed E-state index contributed by atoms with van der Waals surface area (Å²) in [5, 5.41) is 3.17. The molecule has 1 aromatic heterocycles. The maximum Gasteiger partial charge on any atom is 0.253 e. The Morgan fingerprint density at radius 1 is 1.59 bits per heavy atom. The predicted molar refractivity (Wildman–Crippen MR) is 70.0 cm³/mol. The van der Waals surface area contributed by atoms with Crippen LogP contribution in [0.4, 0.5) is 5.69 Å². The Morgan fingerprint density at radius 2 is 2.24 bits per heavy atom. The molecule has 0 aromatic carbocycles. The third-order valence-electron chi connectivity index (χ3n) is 3.00. The highest BCUT2D eigenvalue weighted by Gasteiger charge is 2.16. The van der Waals surface area contributed by atoms with Crippen LogP contribution >= 0.6 is 11.6 Å². The first-order valence-electron chi connectivity index (χ1n) is 5.67. The molecule has 3 N–H and O–H groups in total. The molecule has 0 fully saturated rings. The normalized spacial score (nSPS) is 14.1. The number of nitrogens with zero attached hydrogens (tertiary/aromatic N) is 1. The molecule has 0 aliphatic rings. The molecule has 1 aromatic rings. The van der Waals surface area contributed by atoms with E-state index in [4.69, 9.17) is 17.3 Å². The van der Waals surface area contributed by atoms with Gasteiger partial charge in [-0.05, 0) is 18.9 Å². The van der Waals surface area contributed by atoms with E-state index in [2.05, 4.69) is 24.1 Å². The van der Waals surface area contributed by atoms with E-state index in [1.165, 1.54) is 12.3 Å². The lowest BCUT2D eigenvalue weighted by atomic mass is 10.0. The van der Waals surface area contributed by atoms with E-state index in [0.717, 1.165) is 6.42 Å². The fourth-order valence-corrected chi connectivity index (χ4v) is 1.58. The summed E-state index contributed by atoms with van der Waals surface area (Å²) in [5.41, 5.74) is 6.40. The van der Waals surface area contributed by atoms with Crippen LogP contribution in [0.2, 0.25) is 5.15 Å². The SMILES string of the molecule is CCC(C)C(C)NC(=O)c1cc(Cl)ncc1N. The number of nitrogens with two attached hydrogens (primary N) is 1. The third-order valence-corrected chi connectivity index (χ3v) is 3.21. The van der Waals surface area contributed by atoms with Gasteiger partial charge in [-0.15, -0.1) is 0 Å². The van der Waals surface area contributed by atoms with Crippen molar-refractivity contribution in [2.75, 3.05) is 5.73 Å². The molecule has 0 bridgehead atoms. The average Bonchev–Trinajstić information content (AvgIpc) is 2.30. The molecule has 0 radical (unpaired) electrons. The Bertz CT molecular complexity index is 409. The summed E-state index contributed by atoms with van der Waals surface area (Å²) in [5.74, 6) is 0.206. The van der Waals surface area contributed by atoms with Crippen molar-refractivity contribution >= 4 is 23.2 Å². The zero-order valence-corrected chi connectivity index (χ0v) is 11.1. The lowest BCUT2D eigenvalue weighted by molar-refractivity contribution is 0.0929. The Hall–Kier alpha value is -1.29. The molecule has 2 atom stereocenters. The molecule has 2 unspecified atom stereocenters. The molecule has 0 saturated heterocycles. The van der Waals surface area contributed by atoms with Gasteiger partial charge in [-0.2, -0.15) is 0 Å². The Labute approximate surface area is 107 Å². The van der Waals surface area contributed by atoms with Crippen LogP contribution in [-0.4, -0.2) is 16.9 Å². The van der Waals surface area contributed by atoms with Crippen molar-refractivity contribution < 1.29 is 4.79 Å². The van der Waals surface area contributed by atoms with Crippen LogP contribution in [0.1, 0.15) is 37.6 Å². The van der Waals surface area contributed by atoms with Gasteiger partial charge in [0.15, 0.2) is 0 Å². The second-order valence-electron chi connectivity index (χ2n) is 4.24. The van der Waals surface area contributed by atoms with Gasteiger partial charge in [0, 0.05) is 6.04 Å². The number of halogens is 1. The highest BCUT2D eigenvalue weighted by Crippen LogP contribution is 2.16. The summed E-state index contributed by atoms with van der Waals surface area (Å²) in [6.45, 7) is 6.16. The molecule has 17 heavy (non-hydrogen) atoms. The van der Waals surface area contributed by atoms with Gasteiger partial charge < -0.3 is 11.1 Å². The first kappa shape index (κ1) is 13.8. The highest BCUT2D eigenvalue weighted by molar-refractivity contribution is 6.29. The number of nitrogen functional groups attached to an aromatic ring is 1. The van der Waals surface area contributed by atoms with E-state index in [-0.39, 0.29) is 17.1 Å². The van der Waals surface area contributed by atoms with Crippen molar-refractivity contribution in [3.05, 3.63) is 23.0 Å². The molecule has 94 valence electrons. The minimum absolute atomic E-state index is 0.0961. The van der Waals surface area contributed by atoms with Crippen molar-refractivity contribution in [2.45, 2.75) is 33.2 Å². The molecule has 1 rings (SSSR count). The second kappa shape index (κ2) is 5.87. The first-order valence-corrected chi connectivity index (χ1v) is 6.05. The average molecular weight is 256 g/mol. The number of rotatable bonds is 4. The molecule has 0 aliphatic heterocycles. The highest BCUT2D eigenvalue weighted by atomic mass is 35.5. The zero-order valence-electron chi connectivity index (χ0n) is 10.3. The number of amides is 1. The molecular formula is C12H18ClN3O. The lowest BCUT2D eigenvalue weighted by Crippen LogP contribution is -2.37. The minimum atomic E-state index is -0.209. The predicted octanol–water partition coefficient (Wildman–Crippen LogP) is 2.48. The summed E-state index contributed by atoms with van der Waals surface area (Å²) in [4.78, 5) is 15.8. The van der Waals surface area contributed by atoms with E-state index in [1.54, 1.807) is 0 Å². The Balaban J connectivity index is 2.79. The fourth-order valence-electron chi connectivity index (χ4n) is 1.42. The molecule has 5 heteroatoms. The van der Waals surface area contributed by atoms with Crippen molar-refractivity contribution in [2.24, 2.45) is 5.92 Å². The summed E-state index contributed by atoms with van der Waals surface area (Å²) >= 11 is 5.74. The van der Waals surface area contributed by atoms with Crippen LogP contribution < -0.4 is 11.1 Å². The molecule has 0 aliphatic carbocycles. The molecular weight excluding hydrogens is 238 g/mol. The van der Waals surface area contributed by atoms with Gasteiger partial charge >= 0.3 is 0 Å². The van der Waals surface area contributed by atoms with Gasteiger partial charge in [0.2, 0.25) is 0 Å². The Kier molecular flexibility index (Phi) is 4.75. The van der Waals surface area contributed by atoms with Crippen molar-refractivity contribution in [3.8, 4) is 0 Å². The standard InChI is InChI=1S/C12H18ClN3O/c1-4-7(2)8(3)16-12(17)9-5-11(13)15-6-10(9)14/h5-8H,4,14H2,1-3H3,(H,16,17). The molecule has 0 spiro atoms. The smallest absolute Gasteiger partial charge is 0.253 e. The molecule has 4 nitrogen and oxygen atoms in total. The van der Waals surface area contributed by atoms with Gasteiger partial charge in [-0.25, -0.2) is 4.98 Å². The van der Waals surface area contributed by atoms with Gasteiger partial charge in [-0.3, -0.25) is 4.79 Å². The number of anilines is 1. The molecule has 0 saturated carbocycles. The molecule has 1 amide bonds. The van der Waals surface area contributed by atoms with Gasteiger partial charge in [-0.1, -0.05) is 31.9 Å². The quantitative estimate of drug-likeness (QED) is 0.813. The summed E-state index contributed by atoms with van der Waals surface area (Å²) in [6, 6.07) is 1.58. The van der Waals surface area contributed by atoms with Gasteiger partial charge in [0.05, 0.1) is 17.4 Å². The third kappa shape index (κ3) is 3.60. The van der Waals surface area contributed by atoms with Crippen LogP contribution in [0, 0.1) is 5.92 Å². The topological polar surface area (TPSA) is 68.0 Å². The lowest BCUT2D eigenvalue weighted by Gasteiger charge is -2.20. The fraction of sp³-hybridized carbons (Fsp3) is 0.500. The Morgan fingerprint density at radius 3 is 2.82 bits per heavy atom. The van der Waals surface area contributed by atoms with Crippen molar-refractivity contribution in [1.82, 2.24) is 10.3 Å². The maximum absolute atomic E-state index is 12.0. The number of hydrogen-bond acceptors (Lipinski definition) is 3. The zero-order chi connectivity index (χ0) is 13.0. The first-order chi connectivity index (χ1) is 7.95. The number of carbonyl (C=O) groups is 1. The summed E-state index contributed by atoms with van der Waals surface area (Å²) in [6.07, 6.45) is 2.40. The van der Waals surface area contributed by atoms with E-state index < -0.39 is 0 Å². The monoisotopic (exact) mass is 255 g/mol. The maximum atomic E-state index is 12.0. The van der Waals surface area contributed by atoms with Crippen LogP contribution in [0.25, 0.3) is 0 Å². The number of hydrogen-bond donors (Lipinski definition) is 2. The number of nitrogens with one attached hydrogen (secondary N) is 1. The number of aromatic nitrogens is 1.